The Kier molecular flexibility index (Phi) is 4.15. The Morgan fingerprint density at radius 3 is 2.54 bits per heavy atom. The van der Waals surface area contributed by atoms with Crippen LogP contribution in [0.25, 0.3) is 11.0 Å². The van der Waals surface area contributed by atoms with Gasteiger partial charge in [-0.3, -0.25) is 10.1 Å². The van der Waals surface area contributed by atoms with Gasteiger partial charge in [0.15, 0.2) is 5.52 Å². The van der Waals surface area contributed by atoms with Crippen molar-refractivity contribution >= 4 is 33.8 Å². The minimum atomic E-state index is -0.506. The Morgan fingerprint density at radius 2 is 1.92 bits per heavy atom. The zero-order valence-corrected chi connectivity index (χ0v) is 13.1. The molecular weight excluding hydrogens is 314 g/mol. The number of nitrogens with one attached hydrogen (secondary N) is 2. The lowest BCUT2D eigenvalue weighted by atomic mass is 10.2. The van der Waals surface area contributed by atoms with Crippen LogP contribution >= 0.6 is 0 Å². The van der Waals surface area contributed by atoms with Gasteiger partial charge in [-0.2, -0.15) is 0 Å². The van der Waals surface area contributed by atoms with E-state index in [-0.39, 0.29) is 11.2 Å². The third-order valence-corrected chi connectivity index (χ3v) is 3.43. The lowest BCUT2D eigenvalue weighted by Crippen LogP contribution is -2.03. The molecule has 0 radical (unpaired) electrons. The van der Waals surface area contributed by atoms with Crippen LogP contribution in [0, 0.1) is 10.1 Å². The Labute approximate surface area is 136 Å². The third-order valence-electron chi connectivity index (χ3n) is 3.43. The van der Waals surface area contributed by atoms with Gasteiger partial charge in [-0.15, -0.1) is 0 Å². The van der Waals surface area contributed by atoms with Crippen molar-refractivity contribution in [3.63, 3.8) is 0 Å². The van der Waals surface area contributed by atoms with E-state index in [9.17, 15) is 10.1 Å². The summed E-state index contributed by atoms with van der Waals surface area (Å²) in [5, 5.41) is 25.1. The molecule has 2 N–H and O–H groups in total. The van der Waals surface area contributed by atoms with Crippen LogP contribution in [0.3, 0.4) is 0 Å². The quantitative estimate of drug-likeness (QED) is 0.522. The topological polar surface area (TPSA) is 115 Å². The van der Waals surface area contributed by atoms with E-state index in [1.165, 1.54) is 0 Å². The summed E-state index contributed by atoms with van der Waals surface area (Å²) in [6.07, 6.45) is 0. The molecule has 9 heteroatoms. The fraction of sp³-hybridized carbons (Fsp3) is 0.200. The Morgan fingerprint density at radius 1 is 1.21 bits per heavy atom. The average Bonchev–Trinajstić information content (AvgIpc) is 3.05. The predicted molar refractivity (Wildman–Crippen MR) is 88.9 cm³/mol. The molecule has 1 aromatic heterocycles. The second kappa shape index (κ2) is 6.41. The van der Waals surface area contributed by atoms with Crippen molar-refractivity contribution in [3.8, 4) is 5.75 Å². The molecule has 0 fully saturated rings. The minimum absolute atomic E-state index is 0.0921. The molecule has 0 aliphatic rings. The van der Waals surface area contributed by atoms with Crippen molar-refractivity contribution in [2.75, 3.05) is 24.3 Å². The van der Waals surface area contributed by atoms with Crippen molar-refractivity contribution in [3.05, 3.63) is 40.4 Å². The highest BCUT2D eigenvalue weighted by molar-refractivity contribution is 6.00. The summed E-state index contributed by atoms with van der Waals surface area (Å²) >= 11 is 0. The molecule has 3 aromatic rings. The first-order valence-electron chi connectivity index (χ1n) is 7.22. The molecule has 0 aliphatic heterocycles. The number of aromatic nitrogens is 2. The maximum Gasteiger partial charge on any atom is 0.324 e. The molecule has 0 unspecified atom stereocenters. The summed E-state index contributed by atoms with van der Waals surface area (Å²) in [6.45, 7) is 2.54. The summed E-state index contributed by atoms with van der Waals surface area (Å²) < 4.78 is 9.79. The van der Waals surface area contributed by atoms with Crippen molar-refractivity contribution in [1.29, 1.82) is 0 Å². The standard InChI is InChI=1S/C15H15N5O4/c1-3-16-11-8-12(17-9-4-6-10(23-2)7-5-9)15(20(21)22)14-13(11)18-24-19-14/h4-8,16-17H,3H2,1-2H3. The van der Waals surface area contributed by atoms with Gasteiger partial charge in [0.25, 0.3) is 0 Å². The Hall–Kier alpha value is -3.36. The lowest BCUT2D eigenvalue weighted by molar-refractivity contribution is -0.382. The normalized spacial score (nSPS) is 10.6. The van der Waals surface area contributed by atoms with Crippen LogP contribution in [0.2, 0.25) is 0 Å². The number of anilines is 3. The number of ether oxygens (including phenoxy) is 1. The summed E-state index contributed by atoms with van der Waals surface area (Å²) in [4.78, 5) is 11.0. The monoisotopic (exact) mass is 329 g/mol. The summed E-state index contributed by atoms with van der Waals surface area (Å²) in [5.41, 5.74) is 1.80. The molecule has 0 bridgehead atoms. The molecule has 0 spiro atoms. The van der Waals surface area contributed by atoms with Crippen molar-refractivity contribution in [1.82, 2.24) is 10.3 Å². The molecule has 0 aliphatic carbocycles. The predicted octanol–water partition coefficient (Wildman–Crippen LogP) is 3.32. The van der Waals surface area contributed by atoms with Crippen LogP contribution in [-0.2, 0) is 0 Å². The van der Waals surface area contributed by atoms with Crippen LogP contribution < -0.4 is 15.4 Å². The highest BCUT2D eigenvalue weighted by Gasteiger charge is 2.25. The number of nitro benzene ring substituents is 1. The number of benzene rings is 2. The fourth-order valence-corrected chi connectivity index (χ4v) is 2.36. The van der Waals surface area contributed by atoms with Gasteiger partial charge in [-0.1, -0.05) is 0 Å². The summed E-state index contributed by atoms with van der Waals surface area (Å²) in [5.74, 6) is 0.694. The molecule has 24 heavy (non-hydrogen) atoms. The molecule has 3 rings (SSSR count). The highest BCUT2D eigenvalue weighted by Crippen LogP contribution is 2.38. The number of nitrogens with zero attached hydrogens (tertiary/aromatic N) is 3. The van der Waals surface area contributed by atoms with Gasteiger partial charge < -0.3 is 15.4 Å². The van der Waals surface area contributed by atoms with Crippen molar-refractivity contribution < 1.29 is 14.3 Å². The number of hydrogen-bond acceptors (Lipinski definition) is 8. The van der Waals surface area contributed by atoms with Crippen molar-refractivity contribution in [2.24, 2.45) is 0 Å². The zero-order valence-electron chi connectivity index (χ0n) is 13.1. The maximum absolute atomic E-state index is 11.5. The fourth-order valence-electron chi connectivity index (χ4n) is 2.36. The molecule has 0 atom stereocenters. The summed E-state index contributed by atoms with van der Waals surface area (Å²) in [6, 6.07) is 8.67. The molecule has 0 amide bonds. The number of fused-ring (bicyclic) bond motifs is 1. The molecular formula is C15H15N5O4. The third kappa shape index (κ3) is 2.78. The van der Waals surface area contributed by atoms with Gasteiger partial charge in [0, 0.05) is 12.2 Å². The second-order valence-electron chi connectivity index (χ2n) is 4.92. The van der Waals surface area contributed by atoms with Gasteiger partial charge in [0.1, 0.15) is 11.4 Å². The average molecular weight is 329 g/mol. The van der Waals surface area contributed by atoms with E-state index in [1.54, 1.807) is 37.4 Å². The highest BCUT2D eigenvalue weighted by atomic mass is 16.6. The van der Waals surface area contributed by atoms with Gasteiger partial charge in [-0.05, 0) is 47.6 Å². The minimum Gasteiger partial charge on any atom is -0.497 e. The van der Waals surface area contributed by atoms with E-state index in [0.29, 0.717) is 34.9 Å². The summed E-state index contributed by atoms with van der Waals surface area (Å²) in [7, 11) is 1.57. The number of rotatable bonds is 6. The first-order valence-corrected chi connectivity index (χ1v) is 7.22. The van der Waals surface area contributed by atoms with Crippen LogP contribution in [0.5, 0.6) is 5.75 Å². The number of methoxy groups -OCH3 is 1. The van der Waals surface area contributed by atoms with E-state index in [4.69, 9.17) is 4.74 Å². The molecule has 9 nitrogen and oxygen atoms in total. The van der Waals surface area contributed by atoms with Crippen LogP contribution in [0.4, 0.5) is 22.7 Å². The van der Waals surface area contributed by atoms with E-state index in [0.717, 1.165) is 0 Å². The smallest absolute Gasteiger partial charge is 0.324 e. The molecule has 124 valence electrons. The van der Waals surface area contributed by atoms with Crippen LogP contribution in [0.15, 0.2) is 35.0 Å². The largest absolute Gasteiger partial charge is 0.497 e. The van der Waals surface area contributed by atoms with E-state index in [2.05, 4.69) is 25.6 Å². The van der Waals surface area contributed by atoms with Gasteiger partial charge >= 0.3 is 5.69 Å². The Bertz CT molecular complexity index is 875. The van der Waals surface area contributed by atoms with Gasteiger partial charge in [0.05, 0.1) is 17.7 Å². The van der Waals surface area contributed by atoms with Gasteiger partial charge in [0.2, 0.25) is 5.52 Å². The van der Waals surface area contributed by atoms with E-state index < -0.39 is 4.92 Å². The van der Waals surface area contributed by atoms with Crippen LogP contribution in [0.1, 0.15) is 6.92 Å². The maximum atomic E-state index is 11.5. The zero-order chi connectivity index (χ0) is 17.1. The van der Waals surface area contributed by atoms with E-state index in [1.807, 2.05) is 6.92 Å². The number of hydrogen-bond donors (Lipinski definition) is 2. The molecule has 2 aromatic carbocycles. The molecule has 0 saturated carbocycles. The van der Waals surface area contributed by atoms with E-state index >= 15 is 0 Å². The SMILES string of the molecule is CCNc1cc(Nc2ccc(OC)cc2)c([N+](=O)[O-])c2nonc12. The first-order chi connectivity index (χ1) is 11.6. The second-order valence-corrected chi connectivity index (χ2v) is 4.92. The first kappa shape index (κ1) is 15.5. The Balaban J connectivity index is 2.10. The number of nitro groups is 1. The van der Waals surface area contributed by atoms with Crippen LogP contribution in [-0.4, -0.2) is 28.9 Å². The van der Waals surface area contributed by atoms with Crippen molar-refractivity contribution in [2.45, 2.75) is 6.92 Å². The molecule has 0 saturated heterocycles. The lowest BCUT2D eigenvalue weighted by Gasteiger charge is -2.11. The molecule has 1 heterocycles. The van der Waals surface area contributed by atoms with Gasteiger partial charge in [-0.25, -0.2) is 4.63 Å².